The number of carbonyl (C=O) groups is 1. The molecule has 1 aliphatic rings. The first kappa shape index (κ1) is 29.5. The molecule has 0 amide bonds. The number of halogens is 2. The first-order valence-electron chi connectivity index (χ1n) is 13.0. The number of aldehydes is 1. The van der Waals surface area contributed by atoms with Gasteiger partial charge in [0.25, 0.3) is 0 Å². The fraction of sp³-hybridized carbons (Fsp3) is 0.300. The van der Waals surface area contributed by atoms with Crippen LogP contribution >= 0.6 is 0 Å². The van der Waals surface area contributed by atoms with Crippen molar-refractivity contribution in [3.8, 4) is 28.7 Å². The normalized spacial score (nSPS) is 12.2. The van der Waals surface area contributed by atoms with Crippen molar-refractivity contribution in [2.75, 3.05) is 39.7 Å². The molecule has 9 nitrogen and oxygen atoms in total. The van der Waals surface area contributed by atoms with E-state index in [9.17, 15) is 13.6 Å². The second kappa shape index (κ2) is 13.7. The molecule has 11 heteroatoms. The van der Waals surface area contributed by atoms with Crippen molar-refractivity contribution in [3.05, 3.63) is 71.7 Å². The summed E-state index contributed by atoms with van der Waals surface area (Å²) in [5, 5.41) is 6.22. The number of fused-ring (bicyclic) bond motifs is 1. The Morgan fingerprint density at radius 2 is 1.76 bits per heavy atom. The fourth-order valence-corrected chi connectivity index (χ4v) is 3.77. The number of carbonyl (C=O) groups excluding carboxylic acids is 1. The maximum atomic E-state index is 14.3. The smallest absolute Gasteiger partial charge is 0.198 e. The molecule has 0 aliphatic heterocycles. The summed E-state index contributed by atoms with van der Waals surface area (Å²) in [7, 11) is 4.92. The number of hydrogen-bond acceptors (Lipinski definition) is 9. The van der Waals surface area contributed by atoms with Crippen LogP contribution < -0.4 is 29.6 Å². The van der Waals surface area contributed by atoms with Gasteiger partial charge in [0.15, 0.2) is 35.2 Å². The Morgan fingerprint density at radius 3 is 2.39 bits per heavy atom. The van der Waals surface area contributed by atoms with Gasteiger partial charge < -0.3 is 29.6 Å². The number of hydrogen-bond donors (Lipinski definition) is 2. The van der Waals surface area contributed by atoms with Crippen molar-refractivity contribution in [1.29, 1.82) is 0 Å². The lowest BCUT2D eigenvalue weighted by atomic mass is 10.1. The highest BCUT2D eigenvalue weighted by molar-refractivity contribution is 5.88. The van der Waals surface area contributed by atoms with Crippen LogP contribution in [0.2, 0.25) is 0 Å². The Balaban J connectivity index is 0.000000247. The highest BCUT2D eigenvalue weighted by atomic mass is 19.1. The average molecular weight is 567 g/mol. The van der Waals surface area contributed by atoms with E-state index in [0.29, 0.717) is 58.7 Å². The van der Waals surface area contributed by atoms with Crippen molar-refractivity contribution in [2.45, 2.75) is 25.9 Å². The van der Waals surface area contributed by atoms with Crippen molar-refractivity contribution in [3.63, 3.8) is 0 Å². The molecule has 2 aromatic carbocycles. The largest absolute Gasteiger partial charge is 0.493 e. The topological polar surface area (TPSA) is 104 Å². The van der Waals surface area contributed by atoms with Gasteiger partial charge in [-0.25, -0.2) is 8.78 Å². The molecule has 0 bridgehead atoms. The summed E-state index contributed by atoms with van der Waals surface area (Å²) < 4.78 is 50.8. The number of benzene rings is 2. The molecule has 0 unspecified atom stereocenters. The van der Waals surface area contributed by atoms with Crippen molar-refractivity contribution in [2.24, 2.45) is 0 Å². The standard InChI is InChI=1S/C20H21F2N3O3.C10H11NO2/c1-23-6-7-27-19-11-16-13(10-18(19)26-3)17(4-5-25-16)28-20-14(21)8-12(24-2)9-15(20)22;1-7-4-10(13-9-2-3-9)8(6-12)5-11-7/h4-5,8-11,23-24H,6-7H2,1-3H3;4-6,9H,2-3H2,1H3. The molecular weight excluding hydrogens is 534 g/mol. The zero-order chi connectivity index (χ0) is 29.4. The van der Waals surface area contributed by atoms with E-state index in [0.717, 1.165) is 37.0 Å². The first-order valence-corrected chi connectivity index (χ1v) is 13.0. The van der Waals surface area contributed by atoms with Gasteiger partial charge in [-0.05, 0) is 38.9 Å². The van der Waals surface area contributed by atoms with Gasteiger partial charge in [-0.2, -0.15) is 0 Å². The Labute approximate surface area is 236 Å². The Hall–Kier alpha value is -4.51. The molecule has 1 fully saturated rings. The predicted octanol–water partition coefficient (Wildman–Crippen LogP) is 5.70. The molecule has 1 aliphatic carbocycles. The molecule has 2 aromatic heterocycles. The Morgan fingerprint density at radius 1 is 1.00 bits per heavy atom. The number of nitrogens with zero attached hydrogens (tertiary/aromatic N) is 2. The number of nitrogens with one attached hydrogen (secondary N) is 2. The number of anilines is 1. The van der Waals surface area contributed by atoms with E-state index in [1.807, 2.05) is 20.0 Å². The van der Waals surface area contributed by atoms with Crippen LogP contribution in [0.4, 0.5) is 14.5 Å². The van der Waals surface area contributed by atoms with Gasteiger partial charge in [0.1, 0.15) is 18.1 Å². The van der Waals surface area contributed by atoms with E-state index in [1.165, 1.54) is 19.4 Å². The molecule has 5 rings (SSSR count). The van der Waals surface area contributed by atoms with Crippen LogP contribution in [0.15, 0.2) is 48.8 Å². The Bertz CT molecular complexity index is 1490. The van der Waals surface area contributed by atoms with E-state index >= 15 is 0 Å². The number of rotatable bonds is 11. The number of pyridine rings is 2. The van der Waals surface area contributed by atoms with Crippen LogP contribution in [-0.4, -0.2) is 56.7 Å². The molecule has 0 spiro atoms. The quantitative estimate of drug-likeness (QED) is 0.175. The van der Waals surface area contributed by atoms with Gasteiger partial charge in [-0.3, -0.25) is 14.8 Å². The molecule has 4 aromatic rings. The second-order valence-electron chi connectivity index (χ2n) is 9.20. The SMILES string of the molecule is CNCCOc1cc2nccc(Oc3c(F)cc(NC)cc3F)c2cc1OC.Cc1cc(OC2CC2)c(C=O)cn1. The third-order valence-corrected chi connectivity index (χ3v) is 6.07. The molecular formula is C30H32F2N4O5. The first-order chi connectivity index (χ1) is 19.9. The van der Waals surface area contributed by atoms with Gasteiger partial charge in [0.2, 0.25) is 0 Å². The minimum absolute atomic E-state index is 0.250. The van der Waals surface area contributed by atoms with Gasteiger partial charge >= 0.3 is 0 Å². The van der Waals surface area contributed by atoms with Gasteiger partial charge in [0, 0.05) is 67.0 Å². The lowest BCUT2D eigenvalue weighted by Gasteiger charge is -2.14. The molecule has 41 heavy (non-hydrogen) atoms. The van der Waals surface area contributed by atoms with E-state index < -0.39 is 17.4 Å². The highest BCUT2D eigenvalue weighted by Gasteiger charge is 2.24. The van der Waals surface area contributed by atoms with Crippen LogP contribution in [0.25, 0.3) is 10.9 Å². The molecule has 2 N–H and O–H groups in total. The predicted molar refractivity (Wildman–Crippen MR) is 152 cm³/mol. The van der Waals surface area contributed by atoms with Crippen molar-refractivity contribution < 1.29 is 32.5 Å². The molecule has 0 atom stereocenters. The minimum atomic E-state index is -0.812. The lowest BCUT2D eigenvalue weighted by molar-refractivity contribution is 0.111. The lowest BCUT2D eigenvalue weighted by Crippen LogP contribution is -2.16. The van der Waals surface area contributed by atoms with Crippen LogP contribution in [0.1, 0.15) is 28.9 Å². The number of likely N-dealkylation sites (N-methyl/N-ethyl adjacent to an activating group) is 1. The summed E-state index contributed by atoms with van der Waals surface area (Å²) in [6, 6.07) is 9.04. The second-order valence-corrected chi connectivity index (χ2v) is 9.20. The number of ether oxygens (including phenoxy) is 4. The number of methoxy groups -OCH3 is 1. The zero-order valence-corrected chi connectivity index (χ0v) is 23.3. The zero-order valence-electron chi connectivity index (χ0n) is 23.3. The van der Waals surface area contributed by atoms with Crippen LogP contribution in [-0.2, 0) is 0 Å². The number of aromatic nitrogens is 2. The summed E-state index contributed by atoms with van der Waals surface area (Å²) in [6.45, 7) is 3.00. The van der Waals surface area contributed by atoms with Gasteiger partial charge in [0.05, 0.1) is 24.3 Å². The summed E-state index contributed by atoms with van der Waals surface area (Å²) in [6.07, 6.45) is 6.35. The summed E-state index contributed by atoms with van der Waals surface area (Å²) >= 11 is 0. The number of aryl methyl sites for hydroxylation is 1. The monoisotopic (exact) mass is 566 g/mol. The minimum Gasteiger partial charge on any atom is -0.493 e. The maximum absolute atomic E-state index is 14.3. The fourth-order valence-electron chi connectivity index (χ4n) is 3.77. The third kappa shape index (κ3) is 7.57. The van der Waals surface area contributed by atoms with E-state index in [4.69, 9.17) is 18.9 Å². The molecule has 2 heterocycles. The van der Waals surface area contributed by atoms with Crippen LogP contribution in [0.3, 0.4) is 0 Å². The third-order valence-electron chi connectivity index (χ3n) is 6.07. The van der Waals surface area contributed by atoms with E-state index in [1.54, 1.807) is 25.4 Å². The average Bonchev–Trinajstić information content (AvgIpc) is 3.79. The van der Waals surface area contributed by atoms with Crippen LogP contribution in [0, 0.1) is 18.6 Å². The molecule has 0 saturated heterocycles. The van der Waals surface area contributed by atoms with Gasteiger partial charge in [-0.1, -0.05) is 0 Å². The molecule has 0 radical (unpaired) electrons. The Kier molecular flexibility index (Phi) is 9.86. The maximum Gasteiger partial charge on any atom is 0.198 e. The van der Waals surface area contributed by atoms with Crippen molar-refractivity contribution >= 4 is 22.9 Å². The van der Waals surface area contributed by atoms with Crippen molar-refractivity contribution in [1.82, 2.24) is 15.3 Å². The van der Waals surface area contributed by atoms with Crippen LogP contribution in [0.5, 0.6) is 28.7 Å². The molecule has 1 saturated carbocycles. The summed E-state index contributed by atoms with van der Waals surface area (Å²) in [5.41, 5.74) is 2.27. The summed E-state index contributed by atoms with van der Waals surface area (Å²) in [4.78, 5) is 18.9. The molecule has 216 valence electrons. The van der Waals surface area contributed by atoms with Gasteiger partial charge in [-0.15, -0.1) is 0 Å². The summed E-state index contributed by atoms with van der Waals surface area (Å²) in [5.74, 6) is -0.204. The highest BCUT2D eigenvalue weighted by Crippen LogP contribution is 2.38. The van der Waals surface area contributed by atoms with E-state index in [2.05, 4.69) is 20.6 Å². The van der Waals surface area contributed by atoms with E-state index in [-0.39, 0.29) is 5.75 Å².